The molecule has 3 heterocycles. The number of anilines is 3. The van der Waals surface area contributed by atoms with Crippen LogP contribution in [0.2, 0.25) is 0 Å². The summed E-state index contributed by atoms with van der Waals surface area (Å²) < 4.78 is 0. The molecule has 0 amide bonds. The van der Waals surface area contributed by atoms with Crippen molar-refractivity contribution < 1.29 is 5.11 Å². The van der Waals surface area contributed by atoms with Crippen LogP contribution in [0.5, 0.6) is 0 Å². The molecule has 35 heavy (non-hydrogen) atoms. The second-order valence-electron chi connectivity index (χ2n) is 10.5. The maximum absolute atomic E-state index is 9.93. The van der Waals surface area contributed by atoms with E-state index in [4.69, 9.17) is 10.2 Å². The van der Waals surface area contributed by atoms with Crippen LogP contribution in [-0.4, -0.2) is 56.7 Å². The molecule has 3 aliphatic rings. The summed E-state index contributed by atoms with van der Waals surface area (Å²) in [5.74, 6) is 2.77. The molecule has 0 bridgehead atoms. The van der Waals surface area contributed by atoms with Gasteiger partial charge < -0.3 is 20.6 Å². The largest absolute Gasteiger partial charge is 0.393 e. The van der Waals surface area contributed by atoms with Crippen LogP contribution < -0.4 is 10.6 Å². The second-order valence-corrected chi connectivity index (χ2v) is 10.5. The number of aliphatic hydroxyl groups excluding tert-OH is 1. The monoisotopic (exact) mass is 475 g/mol. The Morgan fingerprint density at radius 3 is 2.54 bits per heavy atom. The maximum atomic E-state index is 9.93. The van der Waals surface area contributed by atoms with Crippen molar-refractivity contribution in [2.24, 2.45) is 5.92 Å². The Bertz CT molecular complexity index is 1020. The number of rotatable bonds is 7. The zero-order valence-electron chi connectivity index (χ0n) is 20.5. The lowest BCUT2D eigenvalue weighted by Gasteiger charge is -2.34. The number of likely N-dealkylation sites (tertiary alicyclic amines) is 1. The Hall–Kier alpha value is -2.76. The highest BCUT2D eigenvalue weighted by Gasteiger charge is 2.28. The molecule has 1 saturated heterocycles. The van der Waals surface area contributed by atoms with Gasteiger partial charge in [0.25, 0.3) is 0 Å². The summed E-state index contributed by atoms with van der Waals surface area (Å²) in [6, 6.07) is 5.90. The molecule has 2 aliphatic carbocycles. The van der Waals surface area contributed by atoms with Crippen LogP contribution >= 0.6 is 0 Å². The average Bonchev–Trinajstić information content (AvgIpc) is 3.39. The first kappa shape index (κ1) is 24.0. The second kappa shape index (κ2) is 11.3. The van der Waals surface area contributed by atoms with Crippen molar-refractivity contribution in [3.05, 3.63) is 35.8 Å². The fraction of sp³-hybridized carbons (Fsp3) is 0.630. The molecule has 0 aromatic carbocycles. The van der Waals surface area contributed by atoms with Crippen LogP contribution in [0.3, 0.4) is 0 Å². The van der Waals surface area contributed by atoms with E-state index < -0.39 is 0 Å². The first-order valence-corrected chi connectivity index (χ1v) is 13.3. The predicted octanol–water partition coefficient (Wildman–Crippen LogP) is 4.57. The van der Waals surface area contributed by atoms with E-state index in [1.165, 1.54) is 37.8 Å². The topological polar surface area (TPSA) is 110 Å². The highest BCUT2D eigenvalue weighted by Crippen LogP contribution is 2.35. The first-order chi connectivity index (χ1) is 17.2. The number of piperidine rings is 1. The minimum Gasteiger partial charge on any atom is -0.393 e. The summed E-state index contributed by atoms with van der Waals surface area (Å²) in [5, 5.41) is 26.0. The molecule has 8 nitrogen and oxygen atoms in total. The molecule has 2 saturated carbocycles. The van der Waals surface area contributed by atoms with Gasteiger partial charge >= 0.3 is 0 Å². The van der Waals surface area contributed by atoms with Crippen LogP contribution in [-0.2, 0) is 0 Å². The van der Waals surface area contributed by atoms with Crippen LogP contribution in [0, 0.1) is 17.2 Å². The Morgan fingerprint density at radius 2 is 1.80 bits per heavy atom. The molecule has 3 fully saturated rings. The Labute approximate surface area is 208 Å². The quantitative estimate of drug-likeness (QED) is 0.534. The third kappa shape index (κ3) is 6.28. The number of hydrogen-bond donors (Lipinski definition) is 3. The zero-order valence-corrected chi connectivity index (χ0v) is 20.5. The minimum absolute atomic E-state index is 0.180. The fourth-order valence-electron chi connectivity index (χ4n) is 5.96. The number of aromatic nitrogens is 3. The van der Waals surface area contributed by atoms with Crippen LogP contribution in [0.1, 0.15) is 81.4 Å². The molecule has 0 radical (unpaired) electrons. The number of nitrogens with one attached hydrogen (secondary N) is 2. The van der Waals surface area contributed by atoms with Crippen molar-refractivity contribution in [3.63, 3.8) is 0 Å². The summed E-state index contributed by atoms with van der Waals surface area (Å²) in [6.45, 7) is 3.55. The molecule has 5 rings (SSSR count). The number of pyridine rings is 1. The van der Waals surface area contributed by atoms with Crippen LogP contribution in [0.4, 0.5) is 17.5 Å². The van der Waals surface area contributed by atoms with Gasteiger partial charge in [-0.2, -0.15) is 10.2 Å². The number of nitriles is 1. The van der Waals surface area contributed by atoms with Crippen molar-refractivity contribution in [3.8, 4) is 6.07 Å². The number of hydrogen-bond acceptors (Lipinski definition) is 8. The molecule has 3 N–H and O–H groups in total. The molecule has 2 aromatic rings. The summed E-state index contributed by atoms with van der Waals surface area (Å²) in [4.78, 5) is 16.3. The van der Waals surface area contributed by atoms with E-state index in [0.29, 0.717) is 23.6 Å². The van der Waals surface area contributed by atoms with Crippen LogP contribution in [0.15, 0.2) is 24.5 Å². The van der Waals surface area contributed by atoms with Gasteiger partial charge in [0.05, 0.1) is 6.10 Å². The summed E-state index contributed by atoms with van der Waals surface area (Å²) in [5.41, 5.74) is 2.31. The first-order valence-electron chi connectivity index (χ1n) is 13.3. The van der Waals surface area contributed by atoms with Gasteiger partial charge in [0.2, 0.25) is 5.95 Å². The molecule has 0 atom stereocenters. The van der Waals surface area contributed by atoms with Gasteiger partial charge in [-0.25, -0.2) is 9.97 Å². The lowest BCUT2D eigenvalue weighted by molar-refractivity contribution is 0.126. The van der Waals surface area contributed by atoms with E-state index in [2.05, 4.69) is 31.6 Å². The van der Waals surface area contributed by atoms with Gasteiger partial charge in [-0.3, -0.25) is 0 Å². The molecular weight excluding hydrogens is 438 g/mol. The molecule has 0 unspecified atom stereocenters. The van der Waals surface area contributed by atoms with E-state index >= 15 is 0 Å². The van der Waals surface area contributed by atoms with E-state index in [1.54, 1.807) is 12.3 Å². The lowest BCUT2D eigenvalue weighted by Crippen LogP contribution is -2.36. The molecule has 1 aliphatic heterocycles. The van der Waals surface area contributed by atoms with Crippen molar-refractivity contribution in [2.45, 2.75) is 82.3 Å². The number of aliphatic hydroxyl groups is 1. The normalized spacial score (nSPS) is 24.2. The Kier molecular flexibility index (Phi) is 7.75. The van der Waals surface area contributed by atoms with E-state index in [1.807, 2.05) is 12.3 Å². The van der Waals surface area contributed by atoms with Crippen LogP contribution in [0.25, 0.3) is 0 Å². The minimum atomic E-state index is -0.180. The predicted molar refractivity (Wildman–Crippen MR) is 137 cm³/mol. The Balaban J connectivity index is 1.30. The van der Waals surface area contributed by atoms with Gasteiger partial charge in [0, 0.05) is 36.2 Å². The third-order valence-corrected chi connectivity index (χ3v) is 8.00. The van der Waals surface area contributed by atoms with Crippen molar-refractivity contribution in [2.75, 3.05) is 30.3 Å². The van der Waals surface area contributed by atoms with Crippen molar-refractivity contribution in [1.82, 2.24) is 19.9 Å². The van der Waals surface area contributed by atoms with Crippen molar-refractivity contribution in [1.29, 1.82) is 5.26 Å². The smallest absolute Gasteiger partial charge is 0.229 e. The SMILES string of the molecule is N#Cc1cc(Nc2ncc(C3CCN(CC4CCCC4)CC3)c(NC3CCC(O)CC3)n2)ccn1. The third-order valence-electron chi connectivity index (χ3n) is 8.00. The highest BCUT2D eigenvalue weighted by molar-refractivity contribution is 5.57. The van der Waals surface area contributed by atoms with Gasteiger partial charge in [-0.1, -0.05) is 12.8 Å². The summed E-state index contributed by atoms with van der Waals surface area (Å²) >= 11 is 0. The molecule has 0 spiro atoms. The van der Waals surface area contributed by atoms with E-state index in [9.17, 15) is 5.11 Å². The van der Waals surface area contributed by atoms with Gasteiger partial charge in [0.15, 0.2) is 0 Å². The van der Waals surface area contributed by atoms with Gasteiger partial charge in [0.1, 0.15) is 17.6 Å². The highest BCUT2D eigenvalue weighted by atomic mass is 16.3. The number of nitrogens with zero attached hydrogens (tertiary/aromatic N) is 5. The summed E-state index contributed by atoms with van der Waals surface area (Å²) in [6.07, 6.45) is 14.9. The van der Waals surface area contributed by atoms with E-state index in [-0.39, 0.29) is 6.10 Å². The Morgan fingerprint density at radius 1 is 1.03 bits per heavy atom. The lowest BCUT2D eigenvalue weighted by atomic mass is 9.89. The summed E-state index contributed by atoms with van der Waals surface area (Å²) in [7, 11) is 0. The molecule has 186 valence electrons. The maximum Gasteiger partial charge on any atom is 0.229 e. The zero-order chi connectivity index (χ0) is 24.0. The van der Waals surface area contributed by atoms with Gasteiger partial charge in [-0.05, 0) is 88.4 Å². The average molecular weight is 476 g/mol. The molecular formula is C27H37N7O. The fourth-order valence-corrected chi connectivity index (χ4v) is 5.96. The van der Waals surface area contributed by atoms with E-state index in [0.717, 1.165) is 69.0 Å². The van der Waals surface area contributed by atoms with Crippen molar-refractivity contribution >= 4 is 17.5 Å². The molecule has 8 heteroatoms. The van der Waals surface area contributed by atoms with Gasteiger partial charge in [-0.15, -0.1) is 0 Å². The molecule has 2 aromatic heterocycles. The standard InChI is InChI=1S/C27H37N7O/c28-16-23-15-22(9-12-29-23)32-27-30-17-25(26(33-27)31-21-5-7-24(35)8-6-21)20-10-13-34(14-11-20)18-19-3-1-2-4-19/h9,12,15,17,19-21,24,35H,1-8,10-11,13-14,18H2,(H2,29,30,31,32,33).